The van der Waals surface area contributed by atoms with Gasteiger partial charge in [0.15, 0.2) is 0 Å². The van der Waals surface area contributed by atoms with Crippen LogP contribution in [-0.4, -0.2) is 37.1 Å². The van der Waals surface area contributed by atoms with E-state index in [0.29, 0.717) is 6.04 Å². The smallest absolute Gasteiger partial charge is 0.0354 e. The maximum Gasteiger partial charge on any atom is 0.0354 e. The van der Waals surface area contributed by atoms with Gasteiger partial charge in [0.2, 0.25) is 0 Å². The lowest BCUT2D eigenvalue weighted by molar-refractivity contribution is 0.0893. The van der Waals surface area contributed by atoms with Crippen molar-refractivity contribution < 1.29 is 0 Å². The fraction of sp³-hybridized carbons (Fsp3) is 0.733. The van der Waals surface area contributed by atoms with E-state index in [4.69, 9.17) is 0 Å². The fourth-order valence-electron chi connectivity index (χ4n) is 3.02. The van der Waals surface area contributed by atoms with Crippen molar-refractivity contribution in [3.63, 3.8) is 0 Å². The normalized spacial score (nSPS) is 14.1. The summed E-state index contributed by atoms with van der Waals surface area (Å²) in [4.78, 5) is 3.89. The van der Waals surface area contributed by atoms with Crippen LogP contribution < -0.4 is 5.32 Å². The number of nitrogens with one attached hydrogen (secondary N) is 1. The van der Waals surface area contributed by atoms with E-state index in [1.165, 1.54) is 17.7 Å². The first-order valence-electron chi connectivity index (χ1n) is 7.03. The van der Waals surface area contributed by atoms with E-state index in [0.717, 1.165) is 13.0 Å². The summed E-state index contributed by atoms with van der Waals surface area (Å²) in [6.07, 6.45) is 3.49. The van der Waals surface area contributed by atoms with Crippen LogP contribution in [0.3, 0.4) is 0 Å². The van der Waals surface area contributed by atoms with Crippen molar-refractivity contribution in [2.75, 3.05) is 20.6 Å². The summed E-state index contributed by atoms with van der Waals surface area (Å²) in [6, 6.07) is 4.92. The molecule has 0 spiro atoms. The van der Waals surface area contributed by atoms with E-state index in [2.05, 4.69) is 62.6 Å². The molecule has 18 heavy (non-hydrogen) atoms. The zero-order valence-electron chi connectivity index (χ0n) is 12.5. The Balaban J connectivity index is 2.92. The topological polar surface area (TPSA) is 15.3 Å². The van der Waals surface area contributed by atoms with Crippen LogP contribution in [-0.2, 0) is 6.42 Å². The quantitative estimate of drug-likeness (QED) is 0.777. The van der Waals surface area contributed by atoms with Gasteiger partial charge in [0.25, 0.3) is 0 Å². The molecule has 0 saturated heterocycles. The Kier molecular flexibility index (Phi) is 6.33. The Morgan fingerprint density at radius 1 is 1.28 bits per heavy atom. The van der Waals surface area contributed by atoms with Gasteiger partial charge in [-0.2, -0.15) is 0 Å². The number of hydrogen-bond acceptors (Lipinski definition) is 3. The summed E-state index contributed by atoms with van der Waals surface area (Å²) >= 11 is 1.87. The van der Waals surface area contributed by atoms with E-state index in [-0.39, 0.29) is 5.54 Å². The highest BCUT2D eigenvalue weighted by molar-refractivity contribution is 7.09. The minimum atomic E-state index is 0.250. The number of rotatable bonds is 8. The SMILES string of the molecule is CCNC(Cc1cccs1)C(CC)(CC)N(C)C. The Hall–Kier alpha value is -0.380. The predicted octanol–water partition coefficient (Wildman–Crippen LogP) is 3.39. The van der Waals surface area contributed by atoms with E-state index in [9.17, 15) is 0 Å². The van der Waals surface area contributed by atoms with Crippen molar-refractivity contribution in [3.05, 3.63) is 22.4 Å². The molecule has 2 nitrogen and oxygen atoms in total. The third kappa shape index (κ3) is 3.34. The second-order valence-corrected chi connectivity index (χ2v) is 6.13. The highest BCUT2D eigenvalue weighted by Gasteiger charge is 2.37. The number of nitrogens with zero attached hydrogens (tertiary/aromatic N) is 1. The van der Waals surface area contributed by atoms with Gasteiger partial charge < -0.3 is 10.2 Å². The first-order valence-corrected chi connectivity index (χ1v) is 7.91. The molecule has 1 aromatic rings. The lowest BCUT2D eigenvalue weighted by Crippen LogP contribution is -2.59. The Morgan fingerprint density at radius 2 is 1.94 bits per heavy atom. The Labute approximate surface area is 116 Å². The van der Waals surface area contributed by atoms with Gasteiger partial charge in [-0.25, -0.2) is 0 Å². The lowest BCUT2D eigenvalue weighted by Gasteiger charge is -2.45. The molecule has 1 N–H and O–H groups in total. The summed E-state index contributed by atoms with van der Waals surface area (Å²) in [5.41, 5.74) is 0.250. The predicted molar refractivity (Wildman–Crippen MR) is 82.5 cm³/mol. The molecule has 0 amide bonds. The minimum absolute atomic E-state index is 0.250. The summed E-state index contributed by atoms with van der Waals surface area (Å²) in [5.74, 6) is 0. The Morgan fingerprint density at radius 3 is 2.33 bits per heavy atom. The molecule has 0 aliphatic rings. The van der Waals surface area contributed by atoms with E-state index in [1.807, 2.05) is 11.3 Å². The summed E-state index contributed by atoms with van der Waals surface area (Å²) in [6.45, 7) is 7.85. The molecule has 1 unspecified atom stereocenters. The molecular formula is C15H28N2S. The highest BCUT2D eigenvalue weighted by Crippen LogP contribution is 2.29. The maximum atomic E-state index is 3.71. The van der Waals surface area contributed by atoms with Crippen molar-refractivity contribution >= 4 is 11.3 Å². The highest BCUT2D eigenvalue weighted by atomic mass is 32.1. The van der Waals surface area contributed by atoms with Crippen molar-refractivity contribution in [2.45, 2.75) is 51.6 Å². The average molecular weight is 268 g/mol. The molecule has 1 rings (SSSR count). The van der Waals surface area contributed by atoms with Crippen LogP contribution in [0.15, 0.2) is 17.5 Å². The molecular weight excluding hydrogens is 240 g/mol. The average Bonchev–Trinajstić information content (AvgIpc) is 2.84. The number of likely N-dealkylation sites (N-methyl/N-ethyl adjacent to an activating group) is 2. The molecule has 1 aromatic heterocycles. The first-order chi connectivity index (χ1) is 8.60. The number of hydrogen-bond donors (Lipinski definition) is 1. The maximum absolute atomic E-state index is 3.71. The molecule has 0 saturated carbocycles. The van der Waals surface area contributed by atoms with Gasteiger partial charge in [-0.15, -0.1) is 11.3 Å². The van der Waals surface area contributed by atoms with Crippen molar-refractivity contribution in [1.82, 2.24) is 10.2 Å². The Bertz CT molecular complexity index is 315. The molecule has 3 heteroatoms. The van der Waals surface area contributed by atoms with Crippen LogP contribution in [0.5, 0.6) is 0 Å². The zero-order chi connectivity index (χ0) is 13.6. The van der Waals surface area contributed by atoms with Crippen LogP contribution in [0, 0.1) is 0 Å². The van der Waals surface area contributed by atoms with Crippen molar-refractivity contribution in [1.29, 1.82) is 0 Å². The van der Waals surface area contributed by atoms with Gasteiger partial charge in [0.1, 0.15) is 0 Å². The van der Waals surface area contributed by atoms with Crippen molar-refractivity contribution in [3.8, 4) is 0 Å². The van der Waals surface area contributed by atoms with Gasteiger partial charge >= 0.3 is 0 Å². The molecule has 0 aromatic carbocycles. The van der Waals surface area contributed by atoms with E-state index >= 15 is 0 Å². The lowest BCUT2D eigenvalue weighted by atomic mass is 9.81. The van der Waals surface area contributed by atoms with E-state index in [1.54, 1.807) is 0 Å². The molecule has 0 radical (unpaired) electrons. The molecule has 0 aliphatic heterocycles. The fourth-order valence-corrected chi connectivity index (χ4v) is 3.77. The molecule has 1 atom stereocenters. The van der Waals surface area contributed by atoms with Gasteiger partial charge in [0.05, 0.1) is 0 Å². The molecule has 0 aliphatic carbocycles. The van der Waals surface area contributed by atoms with E-state index < -0.39 is 0 Å². The monoisotopic (exact) mass is 268 g/mol. The molecule has 0 bridgehead atoms. The van der Waals surface area contributed by atoms with Gasteiger partial charge in [-0.3, -0.25) is 0 Å². The van der Waals surface area contributed by atoms with Crippen LogP contribution >= 0.6 is 11.3 Å². The van der Waals surface area contributed by atoms with Gasteiger partial charge in [-0.1, -0.05) is 26.8 Å². The van der Waals surface area contributed by atoms with Gasteiger partial charge in [-0.05, 0) is 51.3 Å². The summed E-state index contributed by atoms with van der Waals surface area (Å²) < 4.78 is 0. The first kappa shape index (κ1) is 15.7. The van der Waals surface area contributed by atoms with Crippen LogP contribution in [0.25, 0.3) is 0 Å². The summed E-state index contributed by atoms with van der Waals surface area (Å²) in [5, 5.41) is 5.88. The van der Waals surface area contributed by atoms with Crippen LogP contribution in [0.2, 0.25) is 0 Å². The molecule has 1 heterocycles. The molecule has 0 fully saturated rings. The third-order valence-electron chi connectivity index (χ3n) is 4.20. The van der Waals surface area contributed by atoms with Gasteiger partial charge in [0, 0.05) is 16.5 Å². The largest absolute Gasteiger partial charge is 0.312 e. The van der Waals surface area contributed by atoms with Crippen LogP contribution in [0.4, 0.5) is 0 Å². The standard InChI is InChI=1S/C15H28N2S/c1-6-15(7-2,17(4)5)14(16-8-3)12-13-10-9-11-18-13/h9-11,14,16H,6-8,12H2,1-5H3. The molecule has 104 valence electrons. The number of thiophene rings is 1. The van der Waals surface area contributed by atoms with Crippen LogP contribution in [0.1, 0.15) is 38.5 Å². The summed E-state index contributed by atoms with van der Waals surface area (Å²) in [7, 11) is 4.43. The zero-order valence-corrected chi connectivity index (χ0v) is 13.3. The van der Waals surface area contributed by atoms with Crippen molar-refractivity contribution in [2.24, 2.45) is 0 Å². The third-order valence-corrected chi connectivity index (χ3v) is 5.10. The second kappa shape index (κ2) is 7.27. The second-order valence-electron chi connectivity index (χ2n) is 5.10. The minimum Gasteiger partial charge on any atom is -0.312 e.